The van der Waals surface area contributed by atoms with E-state index < -0.39 is 0 Å². The van der Waals surface area contributed by atoms with Crippen molar-refractivity contribution in [3.63, 3.8) is 0 Å². The van der Waals surface area contributed by atoms with E-state index in [1.165, 1.54) is 102 Å². The number of quaternary nitrogens is 1. The molecule has 1 atom stereocenters. The van der Waals surface area contributed by atoms with E-state index >= 15 is 0 Å². The number of hydrogen-bond acceptors (Lipinski definition) is 1. The van der Waals surface area contributed by atoms with Crippen LogP contribution in [0.5, 0.6) is 0 Å². The fraction of sp³-hybridized carbons (Fsp3) is 0.806. The van der Waals surface area contributed by atoms with Crippen molar-refractivity contribution >= 4 is 34.8 Å². The lowest BCUT2D eigenvalue weighted by molar-refractivity contribution is -0.902. The van der Waals surface area contributed by atoms with Crippen LogP contribution < -0.4 is 0 Å². The van der Waals surface area contributed by atoms with Crippen molar-refractivity contribution in [1.29, 1.82) is 0 Å². The minimum atomic E-state index is 0.270. The van der Waals surface area contributed by atoms with Gasteiger partial charge in [-0.3, -0.25) is 0 Å². The molecule has 0 fully saturated rings. The Morgan fingerprint density at radius 2 is 1.19 bits per heavy atom. The summed E-state index contributed by atoms with van der Waals surface area (Å²) in [6.07, 6.45) is 21.5. The van der Waals surface area contributed by atoms with Crippen LogP contribution >= 0.6 is 34.8 Å². The smallest absolute Gasteiger partial charge is 0.164 e. The highest BCUT2D eigenvalue weighted by Gasteiger charge is 2.24. The summed E-state index contributed by atoms with van der Waals surface area (Å²) in [7, 11) is 8.71. The van der Waals surface area contributed by atoms with Crippen LogP contribution in [0.1, 0.15) is 115 Å². The summed E-state index contributed by atoms with van der Waals surface area (Å²) in [5.74, 6) is 0.806. The quantitative estimate of drug-likeness (QED) is 0.0621. The molecule has 212 valence electrons. The van der Waals surface area contributed by atoms with Crippen molar-refractivity contribution in [3.05, 3.63) is 34.9 Å². The first-order valence-corrected chi connectivity index (χ1v) is 16.0. The van der Waals surface area contributed by atoms with E-state index in [4.69, 9.17) is 34.8 Å². The molecular weight excluding hydrogens is 507 g/mol. The van der Waals surface area contributed by atoms with E-state index in [-0.39, 0.29) is 5.50 Å². The second-order valence-electron chi connectivity index (χ2n) is 11.2. The van der Waals surface area contributed by atoms with Gasteiger partial charge < -0.3 is 9.38 Å². The third kappa shape index (κ3) is 22.0. The van der Waals surface area contributed by atoms with Crippen molar-refractivity contribution in [2.75, 3.05) is 40.6 Å². The van der Waals surface area contributed by atoms with Crippen LogP contribution in [0, 0.1) is 0 Å². The van der Waals surface area contributed by atoms with Crippen LogP contribution in [0.25, 0.3) is 0 Å². The first kappa shape index (κ1) is 36.0. The Labute approximate surface area is 240 Å². The maximum atomic E-state index is 6.69. The Hall–Kier alpha value is 0.01000. The predicted molar refractivity (Wildman–Crippen MR) is 166 cm³/mol. The summed E-state index contributed by atoms with van der Waals surface area (Å²) >= 11 is 18.1. The molecule has 0 aromatic heterocycles. The van der Waals surface area contributed by atoms with Gasteiger partial charge in [0.2, 0.25) is 0 Å². The van der Waals surface area contributed by atoms with Gasteiger partial charge in [0, 0.05) is 23.9 Å². The summed E-state index contributed by atoms with van der Waals surface area (Å²) in [4.78, 5) is 2.13. The Bertz CT molecular complexity index is 590. The van der Waals surface area contributed by atoms with Gasteiger partial charge in [-0.05, 0) is 57.5 Å². The van der Waals surface area contributed by atoms with Crippen LogP contribution in [-0.4, -0.2) is 55.5 Å². The Morgan fingerprint density at radius 3 is 1.69 bits per heavy atom. The highest BCUT2D eigenvalue weighted by atomic mass is 35.5. The first-order chi connectivity index (χ1) is 17.2. The Balaban J connectivity index is 0.000000918. The summed E-state index contributed by atoms with van der Waals surface area (Å²) in [6.45, 7) is 4.47. The number of hydrogen-bond donors (Lipinski definition) is 0. The minimum Gasteiger partial charge on any atom is -0.313 e. The van der Waals surface area contributed by atoms with Gasteiger partial charge in [0.1, 0.15) is 0 Å². The molecule has 0 aliphatic heterocycles. The summed E-state index contributed by atoms with van der Waals surface area (Å²) in [6, 6.07) is 7.92. The van der Waals surface area contributed by atoms with Crippen LogP contribution in [0.3, 0.4) is 0 Å². The number of nitrogens with zero attached hydrogens (tertiary/aromatic N) is 2. The van der Waals surface area contributed by atoms with Gasteiger partial charge in [0.05, 0.1) is 20.6 Å². The molecule has 0 saturated heterocycles. The summed E-state index contributed by atoms with van der Waals surface area (Å²) < 4.78 is 0.972. The molecular formula is C31H58Cl3N2+. The molecule has 36 heavy (non-hydrogen) atoms. The Morgan fingerprint density at radius 1 is 0.722 bits per heavy atom. The average molecular weight is 565 g/mol. The van der Waals surface area contributed by atoms with Gasteiger partial charge in [0.25, 0.3) is 0 Å². The highest BCUT2D eigenvalue weighted by Crippen LogP contribution is 2.21. The predicted octanol–water partition coefficient (Wildman–Crippen LogP) is 10.5. The fourth-order valence-corrected chi connectivity index (χ4v) is 4.96. The van der Waals surface area contributed by atoms with E-state index in [1.54, 1.807) is 0 Å². The maximum absolute atomic E-state index is 6.69. The van der Waals surface area contributed by atoms with E-state index in [1.807, 2.05) is 24.3 Å². The van der Waals surface area contributed by atoms with Gasteiger partial charge in [-0.2, -0.15) is 0 Å². The third-order valence-corrected chi connectivity index (χ3v) is 8.10. The molecule has 2 nitrogen and oxygen atoms in total. The van der Waals surface area contributed by atoms with Crippen molar-refractivity contribution in [2.45, 2.75) is 122 Å². The van der Waals surface area contributed by atoms with Gasteiger partial charge in [-0.25, -0.2) is 0 Å². The molecule has 0 aliphatic rings. The van der Waals surface area contributed by atoms with Gasteiger partial charge in [-0.15, -0.1) is 11.6 Å². The molecule has 0 aliphatic carbocycles. The van der Waals surface area contributed by atoms with Crippen LogP contribution in [-0.2, 0) is 6.54 Å². The monoisotopic (exact) mass is 563 g/mol. The molecule has 0 saturated carbocycles. The highest BCUT2D eigenvalue weighted by molar-refractivity contribution is 6.30. The molecule has 5 heteroatoms. The molecule has 0 spiro atoms. The van der Waals surface area contributed by atoms with Crippen LogP contribution in [0.2, 0.25) is 5.02 Å². The molecule has 0 heterocycles. The fourth-order valence-electron chi connectivity index (χ4n) is 4.39. The van der Waals surface area contributed by atoms with Crippen molar-refractivity contribution in [2.24, 2.45) is 0 Å². The van der Waals surface area contributed by atoms with Gasteiger partial charge >= 0.3 is 0 Å². The average Bonchev–Trinajstić information content (AvgIpc) is 2.84. The standard InChI is InChI=1S/C22H46Cl2N.C9H12ClN/c1-4-5-6-7-8-9-10-11-15-18-21-25(2,3)22(24)19-16-13-12-14-17-20-23;1-11(2)7-8-3-5-9(10)6-4-8/h22H,4-21H2,1-3H3;3-6H,7H2,1-2H3/q+1;. The zero-order valence-electron chi connectivity index (χ0n) is 24.4. The summed E-state index contributed by atoms with van der Waals surface area (Å²) in [5.41, 5.74) is 1.56. The number of rotatable bonds is 21. The zero-order valence-corrected chi connectivity index (χ0v) is 26.6. The summed E-state index contributed by atoms with van der Waals surface area (Å²) in [5, 5.41) is 0.799. The second kappa shape index (κ2) is 24.1. The van der Waals surface area contributed by atoms with Crippen molar-refractivity contribution in [3.8, 4) is 0 Å². The normalized spacial score (nSPS) is 12.5. The lowest BCUT2D eigenvalue weighted by atomic mass is 10.1. The van der Waals surface area contributed by atoms with Crippen LogP contribution in [0.15, 0.2) is 24.3 Å². The molecule has 0 amide bonds. The number of unbranched alkanes of at least 4 members (excludes halogenated alkanes) is 13. The zero-order chi connectivity index (χ0) is 27.1. The number of benzene rings is 1. The minimum absolute atomic E-state index is 0.270. The molecule has 1 rings (SSSR count). The van der Waals surface area contributed by atoms with Gasteiger partial charge in [0.15, 0.2) is 5.50 Å². The van der Waals surface area contributed by atoms with E-state index in [0.717, 1.165) is 34.8 Å². The lowest BCUT2D eigenvalue weighted by Crippen LogP contribution is -2.46. The number of halogens is 3. The van der Waals surface area contributed by atoms with Crippen molar-refractivity contribution < 1.29 is 4.48 Å². The topological polar surface area (TPSA) is 3.24 Å². The SMILES string of the molecule is CCCCCCCCCCCC[N+](C)(C)C(Cl)CCCCCCCCl.CN(C)Cc1ccc(Cl)cc1. The molecule has 1 aromatic rings. The van der Waals surface area contributed by atoms with E-state index in [0.29, 0.717) is 0 Å². The first-order valence-electron chi connectivity index (χ1n) is 14.6. The lowest BCUT2D eigenvalue weighted by Gasteiger charge is -2.34. The third-order valence-electron chi connectivity index (χ3n) is 6.83. The van der Waals surface area contributed by atoms with E-state index in [2.05, 4.69) is 40.0 Å². The van der Waals surface area contributed by atoms with Crippen molar-refractivity contribution in [1.82, 2.24) is 4.90 Å². The van der Waals surface area contributed by atoms with Gasteiger partial charge in [-0.1, -0.05) is 113 Å². The molecule has 1 aromatic carbocycles. The van der Waals surface area contributed by atoms with E-state index in [9.17, 15) is 0 Å². The largest absolute Gasteiger partial charge is 0.313 e. The van der Waals surface area contributed by atoms with Crippen LogP contribution in [0.4, 0.5) is 0 Å². The molecule has 0 N–H and O–H groups in total. The molecule has 0 radical (unpaired) electrons. The Kier molecular flexibility index (Phi) is 24.1. The maximum Gasteiger partial charge on any atom is 0.164 e. The molecule has 0 bridgehead atoms. The number of alkyl halides is 2. The molecule has 1 unspecified atom stereocenters. The second-order valence-corrected chi connectivity index (χ2v) is 12.5.